The van der Waals surface area contributed by atoms with Gasteiger partial charge >= 0.3 is 0 Å². The second kappa shape index (κ2) is 4.81. The van der Waals surface area contributed by atoms with Crippen LogP contribution in [0.5, 0.6) is 0 Å². The van der Waals surface area contributed by atoms with E-state index in [0.29, 0.717) is 11.8 Å². The number of aliphatic hydroxyl groups excluding tert-OH is 1. The number of nitrogens with zero attached hydrogens (tertiary/aromatic N) is 3. The Morgan fingerprint density at radius 3 is 2.69 bits per heavy atom. The van der Waals surface area contributed by atoms with E-state index in [1.807, 2.05) is 14.1 Å². The third-order valence-corrected chi connectivity index (χ3v) is 1.66. The number of unbranched alkanes of at least 4 members (excludes halogenated alkanes) is 1. The maximum Gasteiger partial charge on any atom is 0.265 e. The van der Waals surface area contributed by atoms with Crippen LogP contribution in [0.1, 0.15) is 18.7 Å². The normalized spacial score (nSPS) is 10.4. The average Bonchev–Trinajstić information content (AvgIpc) is 2.53. The van der Waals surface area contributed by atoms with Crippen LogP contribution >= 0.6 is 0 Å². The Kier molecular flexibility index (Phi) is 3.70. The van der Waals surface area contributed by atoms with Crippen LogP contribution in [0.3, 0.4) is 0 Å². The van der Waals surface area contributed by atoms with Gasteiger partial charge < -0.3 is 14.5 Å². The van der Waals surface area contributed by atoms with Crippen LogP contribution in [0.2, 0.25) is 0 Å². The summed E-state index contributed by atoms with van der Waals surface area (Å²) in [5.41, 5.74) is 0. The topological polar surface area (TPSA) is 62.4 Å². The molecule has 1 heterocycles. The molecule has 5 heteroatoms. The smallest absolute Gasteiger partial charge is 0.265 e. The fourth-order valence-electron chi connectivity index (χ4n) is 0.917. The molecule has 0 bridgehead atoms. The molecular formula is C8H15N3O2. The maximum atomic E-state index is 8.56. The molecule has 0 saturated carbocycles. The van der Waals surface area contributed by atoms with Crippen molar-refractivity contribution in [3.8, 4) is 0 Å². The van der Waals surface area contributed by atoms with Crippen LogP contribution in [0.15, 0.2) is 4.52 Å². The minimum absolute atomic E-state index is 0.217. The molecule has 0 saturated heterocycles. The minimum atomic E-state index is 0.217. The molecular weight excluding hydrogens is 170 g/mol. The summed E-state index contributed by atoms with van der Waals surface area (Å²) < 4.78 is 4.99. The fraction of sp³-hybridized carbons (Fsp3) is 0.750. The molecule has 13 heavy (non-hydrogen) atoms. The molecule has 0 atom stereocenters. The lowest BCUT2D eigenvalue weighted by Gasteiger charge is -2.02. The van der Waals surface area contributed by atoms with Gasteiger partial charge in [-0.25, -0.2) is 0 Å². The number of aliphatic hydroxyl groups is 1. The lowest BCUT2D eigenvalue weighted by atomic mass is 10.2. The van der Waals surface area contributed by atoms with Gasteiger partial charge in [-0.1, -0.05) is 0 Å². The highest BCUT2D eigenvalue weighted by Gasteiger charge is 2.06. The quantitative estimate of drug-likeness (QED) is 0.675. The zero-order valence-electron chi connectivity index (χ0n) is 8.03. The van der Waals surface area contributed by atoms with Crippen molar-refractivity contribution in [1.29, 1.82) is 0 Å². The molecule has 0 aliphatic rings. The number of anilines is 1. The molecule has 0 aliphatic heterocycles. The Bertz CT molecular complexity index is 247. The summed E-state index contributed by atoms with van der Waals surface area (Å²) in [4.78, 5) is 5.94. The third-order valence-electron chi connectivity index (χ3n) is 1.66. The van der Waals surface area contributed by atoms with E-state index in [1.54, 1.807) is 4.90 Å². The highest BCUT2D eigenvalue weighted by atomic mass is 16.5. The van der Waals surface area contributed by atoms with E-state index in [1.165, 1.54) is 0 Å². The van der Waals surface area contributed by atoms with Crippen molar-refractivity contribution in [2.24, 2.45) is 0 Å². The molecule has 1 aromatic rings. The molecule has 1 N–H and O–H groups in total. The lowest BCUT2D eigenvalue weighted by molar-refractivity contribution is 0.281. The van der Waals surface area contributed by atoms with Gasteiger partial charge in [0, 0.05) is 27.1 Å². The summed E-state index contributed by atoms with van der Waals surface area (Å²) in [6.07, 6.45) is 2.40. The summed E-state index contributed by atoms with van der Waals surface area (Å²) in [5.74, 6) is 1.23. The monoisotopic (exact) mass is 185 g/mol. The van der Waals surface area contributed by atoms with Crippen molar-refractivity contribution in [3.63, 3.8) is 0 Å². The molecule has 1 rings (SSSR count). The Morgan fingerprint density at radius 2 is 2.15 bits per heavy atom. The van der Waals surface area contributed by atoms with E-state index in [2.05, 4.69) is 10.1 Å². The Morgan fingerprint density at radius 1 is 1.38 bits per heavy atom. The Hall–Kier alpha value is -1.10. The van der Waals surface area contributed by atoms with E-state index < -0.39 is 0 Å². The number of hydrogen-bond donors (Lipinski definition) is 1. The van der Waals surface area contributed by atoms with Gasteiger partial charge in [0.25, 0.3) is 5.95 Å². The van der Waals surface area contributed by atoms with Crippen LogP contribution < -0.4 is 4.90 Å². The molecule has 0 unspecified atom stereocenters. The van der Waals surface area contributed by atoms with Crippen molar-refractivity contribution in [2.45, 2.75) is 19.3 Å². The van der Waals surface area contributed by atoms with Crippen LogP contribution in [0.25, 0.3) is 0 Å². The van der Waals surface area contributed by atoms with E-state index >= 15 is 0 Å². The van der Waals surface area contributed by atoms with E-state index in [0.717, 1.165) is 19.3 Å². The molecule has 0 radical (unpaired) electrons. The molecule has 74 valence electrons. The zero-order valence-corrected chi connectivity index (χ0v) is 8.03. The molecule has 0 aromatic carbocycles. The largest absolute Gasteiger partial charge is 0.396 e. The average molecular weight is 185 g/mol. The van der Waals surface area contributed by atoms with Gasteiger partial charge in [0.15, 0.2) is 0 Å². The minimum Gasteiger partial charge on any atom is -0.396 e. The van der Waals surface area contributed by atoms with Crippen molar-refractivity contribution in [2.75, 3.05) is 25.6 Å². The second-order valence-electron chi connectivity index (χ2n) is 3.06. The zero-order chi connectivity index (χ0) is 9.68. The fourth-order valence-corrected chi connectivity index (χ4v) is 0.917. The van der Waals surface area contributed by atoms with Gasteiger partial charge in [0.2, 0.25) is 5.89 Å². The number of rotatable bonds is 5. The lowest BCUT2D eigenvalue weighted by Crippen LogP contribution is -2.10. The van der Waals surface area contributed by atoms with Crippen molar-refractivity contribution in [1.82, 2.24) is 10.1 Å². The Balaban J connectivity index is 2.40. The highest BCUT2D eigenvalue weighted by Crippen LogP contribution is 2.07. The maximum absolute atomic E-state index is 8.56. The first-order valence-corrected chi connectivity index (χ1v) is 4.35. The first kappa shape index (κ1) is 9.98. The van der Waals surface area contributed by atoms with Crippen molar-refractivity contribution < 1.29 is 9.63 Å². The number of aryl methyl sites for hydroxylation is 1. The van der Waals surface area contributed by atoms with Crippen LogP contribution in [-0.2, 0) is 6.42 Å². The Labute approximate surface area is 77.4 Å². The van der Waals surface area contributed by atoms with E-state index in [-0.39, 0.29) is 6.61 Å². The van der Waals surface area contributed by atoms with Crippen molar-refractivity contribution >= 4 is 5.95 Å². The summed E-state index contributed by atoms with van der Waals surface area (Å²) in [7, 11) is 3.73. The first-order valence-electron chi connectivity index (χ1n) is 4.35. The first-order chi connectivity index (χ1) is 6.24. The predicted molar refractivity (Wildman–Crippen MR) is 48.6 cm³/mol. The van der Waals surface area contributed by atoms with Gasteiger partial charge in [-0.05, 0) is 18.0 Å². The molecule has 0 aliphatic carbocycles. The van der Waals surface area contributed by atoms with E-state index in [4.69, 9.17) is 9.63 Å². The van der Waals surface area contributed by atoms with Crippen LogP contribution in [0, 0.1) is 0 Å². The molecule has 5 nitrogen and oxygen atoms in total. The van der Waals surface area contributed by atoms with Gasteiger partial charge in [0.05, 0.1) is 0 Å². The van der Waals surface area contributed by atoms with Crippen LogP contribution in [-0.4, -0.2) is 35.9 Å². The standard InChI is InChI=1S/C8H15N3O2/c1-11(2)8-9-7(13-10-8)5-3-4-6-12/h12H,3-6H2,1-2H3. The van der Waals surface area contributed by atoms with Gasteiger partial charge in [-0.15, -0.1) is 0 Å². The summed E-state index contributed by atoms with van der Waals surface area (Å²) in [6.45, 7) is 0.217. The second-order valence-corrected chi connectivity index (χ2v) is 3.06. The predicted octanol–water partition coefficient (Wildman–Crippen LogP) is 0.451. The highest BCUT2D eigenvalue weighted by molar-refractivity contribution is 5.23. The molecule has 1 aromatic heterocycles. The van der Waals surface area contributed by atoms with Crippen molar-refractivity contribution in [3.05, 3.63) is 5.89 Å². The SMILES string of the molecule is CN(C)c1noc(CCCCO)n1. The summed E-state index contributed by atoms with van der Waals surface area (Å²) in [6, 6.07) is 0. The van der Waals surface area contributed by atoms with E-state index in [9.17, 15) is 0 Å². The number of hydrogen-bond acceptors (Lipinski definition) is 5. The summed E-state index contributed by atoms with van der Waals surface area (Å²) in [5, 5.41) is 12.3. The summed E-state index contributed by atoms with van der Waals surface area (Å²) >= 11 is 0. The molecule has 0 spiro atoms. The number of aromatic nitrogens is 2. The third kappa shape index (κ3) is 3.02. The molecule has 0 fully saturated rings. The van der Waals surface area contributed by atoms with Gasteiger partial charge in [-0.3, -0.25) is 0 Å². The van der Waals surface area contributed by atoms with Gasteiger partial charge in [0.1, 0.15) is 0 Å². The van der Waals surface area contributed by atoms with Gasteiger partial charge in [-0.2, -0.15) is 4.98 Å². The van der Waals surface area contributed by atoms with Crippen LogP contribution in [0.4, 0.5) is 5.95 Å². The molecule has 0 amide bonds.